The van der Waals surface area contributed by atoms with Gasteiger partial charge >= 0.3 is 0 Å². The molecule has 31 heavy (non-hydrogen) atoms. The minimum absolute atomic E-state index is 0.131. The number of amides is 1. The molecule has 0 radical (unpaired) electrons. The van der Waals surface area contributed by atoms with Crippen molar-refractivity contribution in [2.45, 2.75) is 45.6 Å². The van der Waals surface area contributed by atoms with Gasteiger partial charge < -0.3 is 14.2 Å². The molecular weight excluding hydrogens is 386 g/mol. The lowest BCUT2D eigenvalue weighted by molar-refractivity contribution is -0.127. The fourth-order valence-corrected chi connectivity index (χ4v) is 4.28. The third-order valence-electron chi connectivity index (χ3n) is 6.14. The number of likely N-dealkylation sites (tertiary alicyclic amines) is 1. The fourth-order valence-electron chi connectivity index (χ4n) is 4.28. The zero-order valence-corrected chi connectivity index (χ0v) is 18.5. The van der Waals surface area contributed by atoms with Crippen LogP contribution >= 0.6 is 0 Å². The van der Waals surface area contributed by atoms with E-state index >= 15 is 0 Å². The maximum atomic E-state index is 12.4. The van der Waals surface area contributed by atoms with Crippen LogP contribution < -0.4 is 4.74 Å². The average Bonchev–Trinajstić information content (AvgIpc) is 3.31. The molecule has 2 heterocycles. The van der Waals surface area contributed by atoms with Crippen LogP contribution in [0, 0.1) is 13.8 Å². The maximum Gasteiger partial charge on any atom is 0.223 e. The molecular formula is C26H31N3O2. The molecule has 1 aromatic heterocycles. The van der Waals surface area contributed by atoms with Crippen molar-refractivity contribution in [3.63, 3.8) is 0 Å². The topological polar surface area (TPSA) is 47.4 Å². The van der Waals surface area contributed by atoms with Crippen molar-refractivity contribution >= 4 is 16.9 Å². The Hall–Kier alpha value is -3.08. The average molecular weight is 418 g/mol. The summed E-state index contributed by atoms with van der Waals surface area (Å²) in [5.74, 6) is 2.27. The van der Waals surface area contributed by atoms with Gasteiger partial charge in [-0.15, -0.1) is 6.58 Å². The van der Waals surface area contributed by atoms with E-state index in [1.54, 1.807) is 6.08 Å². The van der Waals surface area contributed by atoms with Crippen LogP contribution in [0.4, 0.5) is 0 Å². The second-order valence-corrected chi connectivity index (χ2v) is 8.40. The molecule has 2 aromatic carbocycles. The van der Waals surface area contributed by atoms with Gasteiger partial charge in [-0.25, -0.2) is 4.98 Å². The molecule has 0 aliphatic carbocycles. The molecule has 1 atom stereocenters. The number of imidazole rings is 1. The molecule has 3 aromatic rings. The molecule has 1 amide bonds. The Bertz CT molecular complexity index is 1090. The second-order valence-electron chi connectivity index (χ2n) is 8.40. The molecule has 1 fully saturated rings. The molecule has 0 unspecified atom stereocenters. The first-order valence-electron chi connectivity index (χ1n) is 11.1. The van der Waals surface area contributed by atoms with E-state index in [0.717, 1.165) is 42.0 Å². The molecule has 0 spiro atoms. The zero-order valence-electron chi connectivity index (χ0n) is 18.5. The van der Waals surface area contributed by atoms with Gasteiger partial charge in [-0.2, -0.15) is 0 Å². The second kappa shape index (κ2) is 9.38. The maximum absolute atomic E-state index is 12.4. The normalized spacial score (nSPS) is 16.3. The summed E-state index contributed by atoms with van der Waals surface area (Å²) in [4.78, 5) is 19.2. The Morgan fingerprint density at radius 2 is 2.00 bits per heavy atom. The van der Waals surface area contributed by atoms with Crippen LogP contribution in [0.2, 0.25) is 0 Å². The molecule has 5 heteroatoms. The van der Waals surface area contributed by atoms with Crippen LogP contribution in [0.1, 0.15) is 42.1 Å². The van der Waals surface area contributed by atoms with E-state index in [4.69, 9.17) is 9.72 Å². The molecule has 4 rings (SSSR count). The van der Waals surface area contributed by atoms with Crippen LogP contribution in [0.3, 0.4) is 0 Å². The quantitative estimate of drug-likeness (QED) is 0.363. The predicted octanol–water partition coefficient (Wildman–Crippen LogP) is 5.01. The third kappa shape index (κ3) is 4.66. The van der Waals surface area contributed by atoms with Crippen molar-refractivity contribution < 1.29 is 9.53 Å². The molecule has 1 aliphatic rings. The highest BCUT2D eigenvalue weighted by Crippen LogP contribution is 2.30. The highest BCUT2D eigenvalue weighted by molar-refractivity contribution is 5.81. The van der Waals surface area contributed by atoms with Crippen LogP contribution in [-0.2, 0) is 11.3 Å². The number of rotatable bonds is 9. The standard InChI is InChI=1S/C26H31N3O2/c1-4-13-28-18-21(17-25(28)30)26-27-23-9-5-6-10-24(23)29(26)14-7-8-15-31-22-12-11-19(2)20(3)16-22/h4-6,9-12,16,21H,1,7-8,13-15,17-18H2,2-3H3/t21-/m1/s1. The largest absolute Gasteiger partial charge is 0.494 e. The van der Waals surface area contributed by atoms with Gasteiger partial charge in [0.1, 0.15) is 11.6 Å². The van der Waals surface area contributed by atoms with Crippen molar-refractivity contribution in [3.8, 4) is 5.75 Å². The van der Waals surface area contributed by atoms with Crippen LogP contribution in [0.5, 0.6) is 5.75 Å². The van der Waals surface area contributed by atoms with E-state index in [1.165, 1.54) is 11.1 Å². The number of hydrogen-bond donors (Lipinski definition) is 0. The first-order valence-corrected chi connectivity index (χ1v) is 11.1. The summed E-state index contributed by atoms with van der Waals surface area (Å²) >= 11 is 0. The van der Waals surface area contributed by atoms with E-state index in [2.05, 4.69) is 55.3 Å². The van der Waals surface area contributed by atoms with Gasteiger partial charge in [0.05, 0.1) is 17.6 Å². The first kappa shape index (κ1) is 21.2. The number of ether oxygens (including phenoxy) is 1. The number of benzene rings is 2. The minimum Gasteiger partial charge on any atom is -0.494 e. The summed E-state index contributed by atoms with van der Waals surface area (Å²) in [6.45, 7) is 10.9. The number of para-hydroxylation sites is 2. The summed E-state index contributed by atoms with van der Waals surface area (Å²) < 4.78 is 8.25. The van der Waals surface area contributed by atoms with E-state index in [9.17, 15) is 4.79 Å². The number of hydrogen-bond acceptors (Lipinski definition) is 3. The van der Waals surface area contributed by atoms with E-state index in [0.29, 0.717) is 26.1 Å². The Morgan fingerprint density at radius 1 is 1.16 bits per heavy atom. The van der Waals surface area contributed by atoms with Crippen molar-refractivity contribution in [1.82, 2.24) is 14.5 Å². The van der Waals surface area contributed by atoms with Crippen molar-refractivity contribution in [1.29, 1.82) is 0 Å². The van der Waals surface area contributed by atoms with E-state index < -0.39 is 0 Å². The number of fused-ring (bicyclic) bond motifs is 1. The zero-order chi connectivity index (χ0) is 21.8. The van der Waals surface area contributed by atoms with Gasteiger partial charge in [0.2, 0.25) is 5.91 Å². The van der Waals surface area contributed by atoms with Gasteiger partial charge in [-0.1, -0.05) is 24.3 Å². The third-order valence-corrected chi connectivity index (χ3v) is 6.14. The molecule has 1 saturated heterocycles. The molecule has 0 bridgehead atoms. The fraction of sp³-hybridized carbons (Fsp3) is 0.385. The Balaban J connectivity index is 1.42. The van der Waals surface area contributed by atoms with E-state index in [1.807, 2.05) is 17.0 Å². The summed E-state index contributed by atoms with van der Waals surface area (Å²) in [7, 11) is 0. The van der Waals surface area contributed by atoms with Crippen molar-refractivity contribution in [3.05, 3.63) is 72.1 Å². The Labute approximate surface area is 184 Å². The number of nitrogens with zero attached hydrogens (tertiary/aromatic N) is 3. The smallest absolute Gasteiger partial charge is 0.223 e. The van der Waals surface area contributed by atoms with Crippen LogP contribution in [0.15, 0.2) is 55.1 Å². The molecule has 1 aliphatic heterocycles. The van der Waals surface area contributed by atoms with Gasteiger partial charge in [0.25, 0.3) is 0 Å². The lowest BCUT2D eigenvalue weighted by Crippen LogP contribution is -2.25. The number of carbonyl (C=O) groups is 1. The monoisotopic (exact) mass is 417 g/mol. The highest BCUT2D eigenvalue weighted by Gasteiger charge is 2.33. The SMILES string of the molecule is C=CCN1C[C@H](c2nc3ccccc3n2CCCCOc2ccc(C)c(C)c2)CC1=O. The lowest BCUT2D eigenvalue weighted by atomic mass is 10.1. The lowest BCUT2D eigenvalue weighted by Gasteiger charge is -2.16. The number of aromatic nitrogens is 2. The van der Waals surface area contributed by atoms with Gasteiger partial charge in [0, 0.05) is 32.0 Å². The molecule has 162 valence electrons. The summed E-state index contributed by atoms with van der Waals surface area (Å²) in [6.07, 6.45) is 4.27. The predicted molar refractivity (Wildman–Crippen MR) is 125 cm³/mol. The number of carbonyl (C=O) groups excluding carboxylic acids is 1. The molecule has 0 saturated carbocycles. The highest BCUT2D eigenvalue weighted by atomic mass is 16.5. The first-order chi connectivity index (χ1) is 15.1. The minimum atomic E-state index is 0.131. The van der Waals surface area contributed by atoms with Crippen LogP contribution in [-0.4, -0.2) is 40.1 Å². The summed E-state index contributed by atoms with van der Waals surface area (Å²) in [6, 6.07) is 14.5. The Morgan fingerprint density at radius 3 is 2.81 bits per heavy atom. The number of unbranched alkanes of at least 4 members (excludes halogenated alkanes) is 1. The van der Waals surface area contributed by atoms with Crippen molar-refractivity contribution in [2.75, 3.05) is 19.7 Å². The molecule has 0 N–H and O–H groups in total. The summed E-state index contributed by atoms with van der Waals surface area (Å²) in [5, 5.41) is 0. The van der Waals surface area contributed by atoms with E-state index in [-0.39, 0.29) is 11.8 Å². The Kier molecular flexibility index (Phi) is 6.40. The van der Waals surface area contributed by atoms with Gasteiger partial charge in [-0.3, -0.25) is 4.79 Å². The summed E-state index contributed by atoms with van der Waals surface area (Å²) in [5.41, 5.74) is 4.67. The van der Waals surface area contributed by atoms with Gasteiger partial charge in [0.15, 0.2) is 0 Å². The van der Waals surface area contributed by atoms with Crippen LogP contribution in [0.25, 0.3) is 11.0 Å². The van der Waals surface area contributed by atoms with Gasteiger partial charge in [-0.05, 0) is 62.1 Å². The van der Waals surface area contributed by atoms with Crippen molar-refractivity contribution in [2.24, 2.45) is 0 Å². The molecule has 5 nitrogen and oxygen atoms in total. The number of aryl methyl sites for hydroxylation is 3.